The third kappa shape index (κ3) is 6.65. The highest BCUT2D eigenvalue weighted by atomic mass is 35.5. The number of nitrogens with zero attached hydrogens (tertiary/aromatic N) is 4. The first kappa shape index (κ1) is 25.7. The predicted molar refractivity (Wildman–Crippen MR) is 142 cm³/mol. The summed E-state index contributed by atoms with van der Waals surface area (Å²) in [4.78, 5) is 0. The molecule has 0 saturated heterocycles. The van der Waals surface area contributed by atoms with Crippen LogP contribution >= 0.6 is 23.4 Å². The van der Waals surface area contributed by atoms with Gasteiger partial charge in [0.25, 0.3) is 0 Å². The van der Waals surface area contributed by atoms with Crippen molar-refractivity contribution in [1.29, 1.82) is 0 Å². The van der Waals surface area contributed by atoms with Crippen LogP contribution in [-0.4, -0.2) is 28.2 Å². The molecule has 1 aromatic heterocycles. The van der Waals surface area contributed by atoms with E-state index >= 15 is 0 Å². The van der Waals surface area contributed by atoms with E-state index in [1.165, 1.54) is 12.1 Å². The quantitative estimate of drug-likeness (QED) is 0.160. The van der Waals surface area contributed by atoms with Gasteiger partial charge >= 0.3 is 0 Å². The molecule has 0 atom stereocenters. The second-order valence-electron chi connectivity index (χ2n) is 7.91. The second-order valence-corrected chi connectivity index (χ2v) is 9.29. The molecule has 0 saturated carbocycles. The van der Waals surface area contributed by atoms with Gasteiger partial charge in [-0.1, -0.05) is 60.6 Å². The first-order chi connectivity index (χ1) is 17.6. The van der Waals surface area contributed by atoms with Crippen molar-refractivity contribution in [3.8, 4) is 11.5 Å². The number of aryl methyl sites for hydroxylation is 1. The molecule has 0 unspecified atom stereocenters. The number of hydrogen-bond acceptors (Lipinski definition) is 6. The van der Waals surface area contributed by atoms with Crippen LogP contribution in [0.4, 0.5) is 4.39 Å². The average Bonchev–Trinajstić information content (AvgIpc) is 3.28. The smallest absolute Gasteiger partial charge is 0.212 e. The normalized spacial score (nSPS) is 11.2. The third-order valence-electron chi connectivity index (χ3n) is 5.27. The Morgan fingerprint density at radius 1 is 1.03 bits per heavy atom. The molecule has 4 aromatic rings. The van der Waals surface area contributed by atoms with Crippen LogP contribution in [0.2, 0.25) is 5.02 Å². The molecule has 0 aliphatic carbocycles. The van der Waals surface area contributed by atoms with E-state index in [4.69, 9.17) is 26.2 Å². The van der Waals surface area contributed by atoms with Crippen molar-refractivity contribution in [2.75, 3.05) is 7.11 Å². The van der Waals surface area contributed by atoms with Gasteiger partial charge in [-0.25, -0.2) is 4.39 Å². The fourth-order valence-electron chi connectivity index (χ4n) is 3.42. The van der Waals surface area contributed by atoms with Crippen molar-refractivity contribution in [3.05, 3.63) is 100 Å². The number of rotatable bonds is 11. The fourth-order valence-corrected chi connectivity index (χ4v) is 4.40. The molecule has 0 radical (unpaired) electrons. The lowest BCUT2D eigenvalue weighted by molar-refractivity contribution is 0.284. The molecule has 6 nitrogen and oxygen atoms in total. The summed E-state index contributed by atoms with van der Waals surface area (Å²) in [6.07, 6.45) is 3.38. The Hall–Kier alpha value is -3.36. The summed E-state index contributed by atoms with van der Waals surface area (Å²) in [6, 6.07) is 19.5. The van der Waals surface area contributed by atoms with Crippen molar-refractivity contribution in [1.82, 2.24) is 14.9 Å². The molecular formula is C27H26ClFN4O2S. The van der Waals surface area contributed by atoms with E-state index in [1.807, 2.05) is 42.5 Å². The lowest BCUT2D eigenvalue weighted by atomic mass is 10.2. The van der Waals surface area contributed by atoms with E-state index < -0.39 is 0 Å². The molecule has 0 aliphatic heterocycles. The monoisotopic (exact) mass is 524 g/mol. The van der Waals surface area contributed by atoms with Gasteiger partial charge in [-0.3, -0.25) is 0 Å². The summed E-state index contributed by atoms with van der Waals surface area (Å²) >= 11 is 7.56. The van der Waals surface area contributed by atoms with E-state index in [9.17, 15) is 4.39 Å². The number of benzene rings is 3. The minimum Gasteiger partial charge on any atom is -0.493 e. The highest BCUT2D eigenvalue weighted by Crippen LogP contribution is 2.31. The maximum atomic E-state index is 13.3. The fraction of sp³-hybridized carbons (Fsp3) is 0.222. The molecular weight excluding hydrogens is 499 g/mol. The van der Waals surface area contributed by atoms with Crippen molar-refractivity contribution in [3.63, 3.8) is 0 Å². The zero-order valence-electron chi connectivity index (χ0n) is 20.0. The topological polar surface area (TPSA) is 61.5 Å². The number of ether oxygens (including phenoxy) is 2. The van der Waals surface area contributed by atoms with Crippen LogP contribution in [0, 0.1) is 5.82 Å². The number of hydrogen-bond donors (Lipinski definition) is 0. The summed E-state index contributed by atoms with van der Waals surface area (Å²) in [6.45, 7) is 2.35. The van der Waals surface area contributed by atoms with Gasteiger partial charge in [0.2, 0.25) is 5.16 Å². The summed E-state index contributed by atoms with van der Waals surface area (Å²) in [5.41, 5.74) is 2.71. The van der Waals surface area contributed by atoms with Gasteiger partial charge in [-0.05, 0) is 53.9 Å². The molecule has 1 heterocycles. The molecule has 3 aromatic carbocycles. The zero-order valence-corrected chi connectivity index (χ0v) is 21.6. The van der Waals surface area contributed by atoms with Gasteiger partial charge in [-0.2, -0.15) is 9.78 Å². The minimum atomic E-state index is -0.287. The van der Waals surface area contributed by atoms with Crippen molar-refractivity contribution in [2.24, 2.45) is 5.10 Å². The van der Waals surface area contributed by atoms with E-state index in [0.717, 1.165) is 35.4 Å². The summed E-state index contributed by atoms with van der Waals surface area (Å²) in [5.74, 6) is 2.33. The van der Waals surface area contributed by atoms with Crippen LogP contribution in [0.25, 0.3) is 0 Å². The molecule has 0 bridgehead atoms. The predicted octanol–water partition coefficient (Wildman–Crippen LogP) is 6.79. The largest absolute Gasteiger partial charge is 0.493 e. The Morgan fingerprint density at radius 2 is 1.78 bits per heavy atom. The average molecular weight is 525 g/mol. The number of methoxy groups -OCH3 is 1. The van der Waals surface area contributed by atoms with Gasteiger partial charge in [0.05, 0.1) is 13.3 Å². The van der Waals surface area contributed by atoms with Crippen LogP contribution in [0.5, 0.6) is 11.5 Å². The van der Waals surface area contributed by atoms with Gasteiger partial charge < -0.3 is 9.47 Å². The number of para-hydroxylation sites is 1. The number of halogens is 2. The molecule has 186 valence electrons. The minimum absolute atomic E-state index is 0.261. The summed E-state index contributed by atoms with van der Waals surface area (Å²) < 4.78 is 26.6. The molecule has 4 rings (SSSR count). The Morgan fingerprint density at radius 3 is 2.50 bits per heavy atom. The Kier molecular flexibility index (Phi) is 8.97. The first-order valence-corrected chi connectivity index (χ1v) is 12.8. The Bertz CT molecular complexity index is 1310. The number of thioether (sulfide) groups is 1. The van der Waals surface area contributed by atoms with Crippen LogP contribution in [0.1, 0.15) is 35.9 Å². The van der Waals surface area contributed by atoms with Crippen LogP contribution in [0.15, 0.2) is 77.0 Å². The Labute approximate surface area is 219 Å². The lowest BCUT2D eigenvalue weighted by Crippen LogP contribution is -2.03. The van der Waals surface area contributed by atoms with Gasteiger partial charge in [0.1, 0.15) is 12.4 Å². The van der Waals surface area contributed by atoms with Crippen LogP contribution < -0.4 is 9.47 Å². The van der Waals surface area contributed by atoms with E-state index in [2.05, 4.69) is 17.1 Å². The zero-order chi connectivity index (χ0) is 25.3. The highest BCUT2D eigenvalue weighted by Gasteiger charge is 2.14. The molecule has 0 spiro atoms. The maximum absolute atomic E-state index is 13.3. The van der Waals surface area contributed by atoms with E-state index in [-0.39, 0.29) is 12.4 Å². The molecule has 0 amide bonds. The van der Waals surface area contributed by atoms with E-state index in [0.29, 0.717) is 27.4 Å². The first-order valence-electron chi connectivity index (χ1n) is 11.5. The maximum Gasteiger partial charge on any atom is 0.212 e. The van der Waals surface area contributed by atoms with Crippen molar-refractivity contribution >= 4 is 29.6 Å². The molecule has 9 heteroatoms. The SMILES string of the molecule is CCCc1nnc(SCc2ccc(Cl)cc2)n1/N=C\c1cccc(OC)c1OCc1ccc(F)cc1. The molecule has 0 aliphatic rings. The third-order valence-corrected chi connectivity index (χ3v) is 6.51. The lowest BCUT2D eigenvalue weighted by Gasteiger charge is -2.13. The summed E-state index contributed by atoms with van der Waals surface area (Å²) in [7, 11) is 1.59. The van der Waals surface area contributed by atoms with Gasteiger partial charge in [0.15, 0.2) is 17.3 Å². The van der Waals surface area contributed by atoms with Gasteiger partial charge in [-0.15, -0.1) is 10.2 Å². The van der Waals surface area contributed by atoms with E-state index in [1.54, 1.807) is 41.9 Å². The Balaban J connectivity index is 1.58. The number of aromatic nitrogens is 3. The highest BCUT2D eigenvalue weighted by molar-refractivity contribution is 7.98. The standard InChI is InChI=1S/C27H26ClFN4O2S/c1-3-5-25-31-32-27(36-18-20-8-12-22(28)13-9-20)33(25)30-16-21-6-4-7-24(34-2)26(21)35-17-19-10-14-23(29)15-11-19/h4,6-16H,3,5,17-18H2,1-2H3/b30-16-. The van der Waals surface area contributed by atoms with Gasteiger partial charge in [0, 0.05) is 22.8 Å². The second kappa shape index (κ2) is 12.6. The van der Waals surface area contributed by atoms with Crippen molar-refractivity contribution < 1.29 is 13.9 Å². The summed E-state index contributed by atoms with van der Waals surface area (Å²) in [5, 5.41) is 14.8. The van der Waals surface area contributed by atoms with Crippen LogP contribution in [-0.2, 0) is 18.8 Å². The molecule has 0 N–H and O–H groups in total. The van der Waals surface area contributed by atoms with Crippen LogP contribution in [0.3, 0.4) is 0 Å². The van der Waals surface area contributed by atoms with Crippen molar-refractivity contribution in [2.45, 2.75) is 37.3 Å². The molecule has 0 fully saturated rings. The molecule has 36 heavy (non-hydrogen) atoms.